The summed E-state index contributed by atoms with van der Waals surface area (Å²) in [5.41, 5.74) is 1.84. The van der Waals surface area contributed by atoms with Crippen LogP contribution in [0.4, 0.5) is 5.69 Å². The van der Waals surface area contributed by atoms with E-state index in [1.54, 1.807) is 0 Å². The molecule has 0 fully saturated rings. The first kappa shape index (κ1) is 9.06. The summed E-state index contributed by atoms with van der Waals surface area (Å²) < 4.78 is 4.99. The lowest BCUT2D eigenvalue weighted by Gasteiger charge is -2.16. The van der Waals surface area contributed by atoms with Crippen molar-refractivity contribution in [1.29, 1.82) is 0 Å². The number of hydrogen-bond acceptors (Lipinski definition) is 4. The molecule has 0 atom stereocenters. The van der Waals surface area contributed by atoms with Gasteiger partial charge in [0.15, 0.2) is 5.76 Å². The summed E-state index contributed by atoms with van der Waals surface area (Å²) >= 11 is 0. The highest BCUT2D eigenvalue weighted by molar-refractivity contribution is 5.51. The molecule has 4 heteroatoms. The Morgan fingerprint density at radius 2 is 2.17 bits per heavy atom. The number of likely N-dealkylation sites (N-methyl/N-ethyl adjacent to an activating group) is 1. The Bertz CT molecular complexity index is 238. The van der Waals surface area contributed by atoms with Crippen LogP contribution in [-0.4, -0.2) is 30.5 Å². The molecule has 0 amide bonds. The highest BCUT2D eigenvalue weighted by atomic mass is 16.5. The van der Waals surface area contributed by atoms with Crippen LogP contribution in [0.5, 0.6) is 0 Å². The Hall–Kier alpha value is -1.03. The summed E-state index contributed by atoms with van der Waals surface area (Å²) in [5.74, 6) is 0.795. The Morgan fingerprint density at radius 1 is 1.50 bits per heavy atom. The van der Waals surface area contributed by atoms with Crippen molar-refractivity contribution in [2.75, 3.05) is 25.1 Å². The van der Waals surface area contributed by atoms with Gasteiger partial charge in [-0.25, -0.2) is 0 Å². The van der Waals surface area contributed by atoms with Gasteiger partial charge in [-0.15, -0.1) is 0 Å². The number of rotatable bonds is 3. The summed E-state index contributed by atoms with van der Waals surface area (Å²) in [6, 6.07) is 0. The molecule has 0 unspecified atom stereocenters. The molecular formula is C8H14N2O2. The summed E-state index contributed by atoms with van der Waals surface area (Å²) in [7, 11) is 1.91. The zero-order valence-electron chi connectivity index (χ0n) is 7.66. The summed E-state index contributed by atoms with van der Waals surface area (Å²) in [6.45, 7) is 4.49. The van der Waals surface area contributed by atoms with E-state index in [1.807, 2.05) is 25.8 Å². The molecule has 12 heavy (non-hydrogen) atoms. The van der Waals surface area contributed by atoms with Gasteiger partial charge < -0.3 is 14.5 Å². The minimum absolute atomic E-state index is 0.139. The smallest absolute Gasteiger partial charge is 0.157 e. The lowest BCUT2D eigenvalue weighted by atomic mass is 10.3. The minimum atomic E-state index is 0.139. The second kappa shape index (κ2) is 3.58. The number of aliphatic hydroxyl groups is 1. The van der Waals surface area contributed by atoms with Crippen molar-refractivity contribution in [3.63, 3.8) is 0 Å². The Morgan fingerprint density at radius 3 is 2.58 bits per heavy atom. The number of aryl methyl sites for hydroxylation is 2. The first-order valence-electron chi connectivity index (χ1n) is 3.91. The molecule has 0 aliphatic rings. The van der Waals surface area contributed by atoms with Crippen LogP contribution in [0, 0.1) is 13.8 Å². The summed E-state index contributed by atoms with van der Waals surface area (Å²) in [4.78, 5) is 1.93. The lowest BCUT2D eigenvalue weighted by molar-refractivity contribution is 0.304. The fraction of sp³-hybridized carbons (Fsp3) is 0.625. The average molecular weight is 170 g/mol. The predicted octanol–water partition coefficient (Wildman–Crippen LogP) is 0.720. The highest BCUT2D eigenvalue weighted by Crippen LogP contribution is 2.21. The van der Waals surface area contributed by atoms with E-state index < -0.39 is 0 Å². The van der Waals surface area contributed by atoms with Gasteiger partial charge in [0.1, 0.15) is 11.4 Å². The largest absolute Gasteiger partial charge is 0.395 e. The molecule has 4 nitrogen and oxygen atoms in total. The zero-order chi connectivity index (χ0) is 9.14. The third-order valence-corrected chi connectivity index (χ3v) is 1.81. The maximum atomic E-state index is 8.72. The van der Waals surface area contributed by atoms with Crippen molar-refractivity contribution in [3.8, 4) is 0 Å². The number of hydrogen-bond donors (Lipinski definition) is 1. The topological polar surface area (TPSA) is 49.5 Å². The van der Waals surface area contributed by atoms with E-state index in [0.29, 0.717) is 6.54 Å². The summed E-state index contributed by atoms with van der Waals surface area (Å²) in [6.07, 6.45) is 0. The predicted molar refractivity (Wildman–Crippen MR) is 46.3 cm³/mol. The second-order valence-corrected chi connectivity index (χ2v) is 2.82. The fourth-order valence-corrected chi connectivity index (χ4v) is 1.28. The molecule has 0 radical (unpaired) electrons. The molecule has 0 aliphatic heterocycles. The minimum Gasteiger partial charge on any atom is -0.395 e. The van der Waals surface area contributed by atoms with E-state index in [-0.39, 0.29) is 6.61 Å². The van der Waals surface area contributed by atoms with Crippen LogP contribution in [0.3, 0.4) is 0 Å². The Labute approximate surface area is 71.8 Å². The SMILES string of the molecule is Cc1noc(C)c1N(C)CCO. The molecule has 0 spiro atoms. The Balaban J connectivity index is 2.85. The van der Waals surface area contributed by atoms with Gasteiger partial charge in [-0.1, -0.05) is 5.16 Å². The number of nitrogens with zero attached hydrogens (tertiary/aromatic N) is 2. The monoisotopic (exact) mass is 170 g/mol. The molecule has 1 heterocycles. The van der Waals surface area contributed by atoms with Crippen molar-refractivity contribution < 1.29 is 9.63 Å². The van der Waals surface area contributed by atoms with Gasteiger partial charge in [0.2, 0.25) is 0 Å². The van der Waals surface area contributed by atoms with Crippen molar-refractivity contribution in [1.82, 2.24) is 5.16 Å². The van der Waals surface area contributed by atoms with E-state index >= 15 is 0 Å². The van der Waals surface area contributed by atoms with Crippen LogP contribution in [-0.2, 0) is 0 Å². The second-order valence-electron chi connectivity index (χ2n) is 2.82. The highest BCUT2D eigenvalue weighted by Gasteiger charge is 2.12. The molecule has 0 saturated carbocycles. The molecular weight excluding hydrogens is 156 g/mol. The van der Waals surface area contributed by atoms with Gasteiger partial charge in [0.25, 0.3) is 0 Å². The molecule has 0 aliphatic carbocycles. The van der Waals surface area contributed by atoms with Gasteiger partial charge in [0.05, 0.1) is 6.61 Å². The zero-order valence-corrected chi connectivity index (χ0v) is 7.66. The Kier molecular flexibility index (Phi) is 2.70. The molecule has 0 aromatic carbocycles. The van der Waals surface area contributed by atoms with E-state index in [1.165, 1.54) is 0 Å². The van der Waals surface area contributed by atoms with Gasteiger partial charge >= 0.3 is 0 Å². The van der Waals surface area contributed by atoms with Crippen molar-refractivity contribution in [3.05, 3.63) is 11.5 Å². The van der Waals surface area contributed by atoms with Crippen molar-refractivity contribution in [2.24, 2.45) is 0 Å². The van der Waals surface area contributed by atoms with Crippen LogP contribution in [0.1, 0.15) is 11.5 Å². The number of aliphatic hydroxyl groups excluding tert-OH is 1. The van der Waals surface area contributed by atoms with Gasteiger partial charge in [-0.05, 0) is 13.8 Å². The van der Waals surface area contributed by atoms with Crippen molar-refractivity contribution >= 4 is 5.69 Å². The van der Waals surface area contributed by atoms with Crippen molar-refractivity contribution in [2.45, 2.75) is 13.8 Å². The number of anilines is 1. The molecule has 1 aromatic heterocycles. The molecule has 68 valence electrons. The maximum absolute atomic E-state index is 8.72. The van der Waals surface area contributed by atoms with Gasteiger partial charge in [-0.3, -0.25) is 0 Å². The lowest BCUT2D eigenvalue weighted by Crippen LogP contribution is -2.22. The van der Waals surface area contributed by atoms with E-state index in [2.05, 4.69) is 5.16 Å². The fourth-order valence-electron chi connectivity index (χ4n) is 1.28. The first-order chi connectivity index (χ1) is 5.66. The molecule has 1 aromatic rings. The summed E-state index contributed by atoms with van der Waals surface area (Å²) in [5, 5.41) is 12.5. The van der Waals surface area contributed by atoms with Crippen LogP contribution in [0.2, 0.25) is 0 Å². The molecule has 1 rings (SSSR count). The van der Waals surface area contributed by atoms with Gasteiger partial charge in [-0.2, -0.15) is 0 Å². The standard InChI is InChI=1S/C8H14N2O2/c1-6-8(7(2)12-9-6)10(3)4-5-11/h11H,4-5H2,1-3H3. The number of aromatic nitrogens is 1. The third kappa shape index (κ3) is 1.58. The quantitative estimate of drug-likeness (QED) is 0.726. The molecule has 0 saturated heterocycles. The maximum Gasteiger partial charge on any atom is 0.157 e. The van der Waals surface area contributed by atoms with E-state index in [4.69, 9.17) is 9.63 Å². The normalized spacial score (nSPS) is 10.3. The van der Waals surface area contributed by atoms with Crippen LogP contribution in [0.15, 0.2) is 4.52 Å². The van der Waals surface area contributed by atoms with Gasteiger partial charge in [0, 0.05) is 13.6 Å². The average Bonchev–Trinajstić information content (AvgIpc) is 2.32. The van der Waals surface area contributed by atoms with Crippen LogP contribution < -0.4 is 4.90 Å². The van der Waals surface area contributed by atoms with E-state index in [0.717, 1.165) is 17.1 Å². The molecule has 0 bridgehead atoms. The first-order valence-corrected chi connectivity index (χ1v) is 3.91. The van der Waals surface area contributed by atoms with Crippen LogP contribution >= 0.6 is 0 Å². The van der Waals surface area contributed by atoms with E-state index in [9.17, 15) is 0 Å². The van der Waals surface area contributed by atoms with Crippen LogP contribution in [0.25, 0.3) is 0 Å². The third-order valence-electron chi connectivity index (χ3n) is 1.81. The molecule has 1 N–H and O–H groups in total.